The third-order valence-electron chi connectivity index (χ3n) is 5.04. The normalized spacial score (nSPS) is 12.0. The van der Waals surface area contributed by atoms with Gasteiger partial charge in [-0.05, 0) is 55.1 Å². The lowest BCUT2D eigenvalue weighted by atomic mass is 10.1. The second-order valence-corrected chi connectivity index (χ2v) is 7.89. The number of aromatic nitrogens is 4. The summed E-state index contributed by atoms with van der Waals surface area (Å²) in [6.07, 6.45) is 3.67. The molecule has 9 heteroatoms. The van der Waals surface area contributed by atoms with Crippen LogP contribution >= 0.6 is 11.8 Å². The first-order valence-corrected chi connectivity index (χ1v) is 10.9. The van der Waals surface area contributed by atoms with Gasteiger partial charge in [-0.1, -0.05) is 12.1 Å². The van der Waals surface area contributed by atoms with E-state index in [2.05, 4.69) is 26.9 Å². The van der Waals surface area contributed by atoms with Crippen molar-refractivity contribution in [1.29, 1.82) is 0 Å². The fraction of sp³-hybridized carbons (Fsp3) is 0.182. The molecule has 1 atom stereocenters. The number of nitrogen functional groups attached to an aromatic ring is 2. The van der Waals surface area contributed by atoms with E-state index in [1.165, 1.54) is 4.90 Å². The van der Waals surface area contributed by atoms with E-state index in [-0.39, 0.29) is 17.8 Å². The van der Waals surface area contributed by atoms with Gasteiger partial charge in [-0.15, -0.1) is 11.8 Å². The molecule has 4 N–H and O–H groups in total. The molecule has 4 aromatic rings. The second kappa shape index (κ2) is 8.65. The molecule has 31 heavy (non-hydrogen) atoms. The van der Waals surface area contributed by atoms with Crippen molar-refractivity contribution in [3.05, 3.63) is 60.3 Å². The zero-order valence-corrected chi connectivity index (χ0v) is 18.3. The van der Waals surface area contributed by atoms with Crippen LogP contribution in [0.1, 0.15) is 18.5 Å². The van der Waals surface area contributed by atoms with Gasteiger partial charge in [-0.2, -0.15) is 15.0 Å². The van der Waals surface area contributed by atoms with Gasteiger partial charge in [0.1, 0.15) is 17.3 Å². The molecular formula is C22H23N7OS. The number of nitrogens with zero attached hydrogens (tertiary/aromatic N) is 5. The summed E-state index contributed by atoms with van der Waals surface area (Å²) in [5, 5.41) is 0.575. The number of fused-ring (bicyclic) bond motifs is 1. The maximum Gasteiger partial charge on any atom is 0.227 e. The molecule has 0 saturated carbocycles. The number of nitrogens with two attached hydrogens (primary N) is 2. The number of hydrogen-bond acceptors (Lipinski definition) is 9. The van der Waals surface area contributed by atoms with Crippen molar-refractivity contribution in [2.75, 3.05) is 29.7 Å². The zero-order valence-electron chi connectivity index (χ0n) is 17.5. The van der Waals surface area contributed by atoms with Crippen molar-refractivity contribution in [2.45, 2.75) is 17.9 Å². The first kappa shape index (κ1) is 20.7. The van der Waals surface area contributed by atoms with Crippen LogP contribution in [0.25, 0.3) is 11.0 Å². The van der Waals surface area contributed by atoms with E-state index in [4.69, 9.17) is 16.2 Å². The number of ether oxygens (including phenoxy) is 1. The van der Waals surface area contributed by atoms with E-state index >= 15 is 0 Å². The quantitative estimate of drug-likeness (QED) is 0.429. The maximum absolute atomic E-state index is 5.94. The van der Waals surface area contributed by atoms with Crippen LogP contribution in [0.2, 0.25) is 0 Å². The Bertz CT molecular complexity index is 1200. The van der Waals surface area contributed by atoms with Gasteiger partial charge < -0.3 is 21.1 Å². The molecular weight excluding hydrogens is 410 g/mol. The molecule has 0 radical (unpaired) electrons. The summed E-state index contributed by atoms with van der Waals surface area (Å²) in [5.41, 5.74) is 13.1. The first-order chi connectivity index (χ1) is 14.9. The largest absolute Gasteiger partial charge is 0.457 e. The topological polar surface area (TPSA) is 116 Å². The first-order valence-electron chi connectivity index (χ1n) is 9.65. The minimum atomic E-state index is 0.0175. The van der Waals surface area contributed by atoms with Gasteiger partial charge in [0.15, 0.2) is 5.65 Å². The minimum absolute atomic E-state index is 0.0175. The Morgan fingerprint density at radius 3 is 2.23 bits per heavy atom. The monoisotopic (exact) mass is 433 g/mol. The molecule has 0 aliphatic carbocycles. The van der Waals surface area contributed by atoms with E-state index in [0.29, 0.717) is 17.0 Å². The van der Waals surface area contributed by atoms with E-state index in [9.17, 15) is 0 Å². The van der Waals surface area contributed by atoms with Crippen LogP contribution in [0.4, 0.5) is 17.7 Å². The van der Waals surface area contributed by atoms with Gasteiger partial charge in [0.25, 0.3) is 0 Å². The minimum Gasteiger partial charge on any atom is -0.457 e. The standard InChI is InChI=1S/C22H23N7OS/c1-13(29(2)22-25-12-18-19(23)26-21(24)27-20(18)28-22)14-4-6-15(7-5-14)30-16-8-10-17(31-3)11-9-16/h4-13H,1-3H3,(H4,23,24,25,26,27,28). The molecule has 8 nitrogen and oxygen atoms in total. The summed E-state index contributed by atoms with van der Waals surface area (Å²) in [7, 11) is 1.93. The van der Waals surface area contributed by atoms with Gasteiger partial charge in [-0.25, -0.2) is 4.98 Å². The van der Waals surface area contributed by atoms with Gasteiger partial charge in [0, 0.05) is 18.1 Å². The van der Waals surface area contributed by atoms with Gasteiger partial charge in [-0.3, -0.25) is 0 Å². The molecule has 1 unspecified atom stereocenters. The van der Waals surface area contributed by atoms with Crippen LogP contribution in [-0.2, 0) is 0 Å². The molecule has 0 amide bonds. The maximum atomic E-state index is 5.94. The highest BCUT2D eigenvalue weighted by Crippen LogP contribution is 2.28. The Morgan fingerprint density at radius 1 is 0.935 bits per heavy atom. The van der Waals surface area contributed by atoms with Crippen molar-refractivity contribution in [3.63, 3.8) is 0 Å². The molecule has 0 aliphatic heterocycles. The Balaban J connectivity index is 1.50. The Morgan fingerprint density at radius 2 is 1.58 bits per heavy atom. The van der Waals surface area contributed by atoms with Gasteiger partial charge >= 0.3 is 0 Å². The predicted octanol–water partition coefficient (Wildman–Crippen LogP) is 4.30. The van der Waals surface area contributed by atoms with Crippen molar-refractivity contribution >= 4 is 40.5 Å². The molecule has 4 rings (SSSR count). The average Bonchev–Trinajstić information content (AvgIpc) is 2.78. The van der Waals surface area contributed by atoms with Crippen molar-refractivity contribution in [2.24, 2.45) is 0 Å². The number of rotatable bonds is 6. The Labute approximate surface area is 184 Å². The lowest BCUT2D eigenvalue weighted by molar-refractivity contribution is 0.482. The highest BCUT2D eigenvalue weighted by Gasteiger charge is 2.16. The summed E-state index contributed by atoms with van der Waals surface area (Å²) in [5.74, 6) is 2.46. The predicted molar refractivity (Wildman–Crippen MR) is 126 cm³/mol. The van der Waals surface area contributed by atoms with E-state index < -0.39 is 0 Å². The molecule has 0 saturated heterocycles. The molecule has 2 aromatic heterocycles. The Hall–Kier alpha value is -3.59. The zero-order chi connectivity index (χ0) is 22.0. The van der Waals surface area contributed by atoms with Gasteiger partial charge in [0.2, 0.25) is 11.9 Å². The lowest BCUT2D eigenvalue weighted by Crippen LogP contribution is -2.23. The van der Waals surface area contributed by atoms with Crippen LogP contribution in [0.15, 0.2) is 59.6 Å². The fourth-order valence-electron chi connectivity index (χ4n) is 3.11. The summed E-state index contributed by atoms with van der Waals surface area (Å²) in [6.45, 7) is 2.08. The molecule has 0 fully saturated rings. The number of benzene rings is 2. The van der Waals surface area contributed by atoms with E-state index in [0.717, 1.165) is 17.1 Å². The smallest absolute Gasteiger partial charge is 0.227 e. The van der Waals surface area contributed by atoms with Crippen LogP contribution in [-0.4, -0.2) is 33.2 Å². The van der Waals surface area contributed by atoms with Crippen molar-refractivity contribution in [3.8, 4) is 11.5 Å². The van der Waals surface area contributed by atoms with Crippen LogP contribution < -0.4 is 21.1 Å². The average molecular weight is 434 g/mol. The van der Waals surface area contributed by atoms with Crippen LogP contribution in [0, 0.1) is 0 Å². The number of hydrogen-bond donors (Lipinski definition) is 2. The molecule has 158 valence electrons. The number of anilines is 3. The van der Waals surface area contributed by atoms with Gasteiger partial charge in [0.05, 0.1) is 11.4 Å². The van der Waals surface area contributed by atoms with Crippen LogP contribution in [0.3, 0.4) is 0 Å². The summed E-state index contributed by atoms with van der Waals surface area (Å²) in [4.78, 5) is 20.2. The molecule has 0 aliphatic rings. The summed E-state index contributed by atoms with van der Waals surface area (Å²) >= 11 is 1.70. The summed E-state index contributed by atoms with van der Waals surface area (Å²) in [6, 6.07) is 16.0. The van der Waals surface area contributed by atoms with E-state index in [1.807, 2.05) is 66.7 Å². The highest BCUT2D eigenvalue weighted by molar-refractivity contribution is 7.98. The Kier molecular flexibility index (Phi) is 5.77. The van der Waals surface area contributed by atoms with Crippen molar-refractivity contribution < 1.29 is 4.74 Å². The second-order valence-electron chi connectivity index (χ2n) is 7.01. The van der Waals surface area contributed by atoms with Crippen LogP contribution in [0.5, 0.6) is 11.5 Å². The fourth-order valence-corrected chi connectivity index (χ4v) is 3.52. The lowest BCUT2D eigenvalue weighted by Gasteiger charge is -2.25. The summed E-state index contributed by atoms with van der Waals surface area (Å²) < 4.78 is 5.94. The molecule has 2 aromatic carbocycles. The highest BCUT2D eigenvalue weighted by atomic mass is 32.2. The number of thioether (sulfide) groups is 1. The molecule has 0 bridgehead atoms. The molecule has 0 spiro atoms. The third-order valence-corrected chi connectivity index (χ3v) is 5.78. The molecule has 2 heterocycles. The third kappa shape index (κ3) is 4.46. The van der Waals surface area contributed by atoms with Crippen molar-refractivity contribution in [1.82, 2.24) is 19.9 Å². The van der Waals surface area contributed by atoms with E-state index in [1.54, 1.807) is 18.0 Å². The SMILES string of the molecule is CSc1ccc(Oc2ccc(C(C)N(C)c3ncc4c(N)nc(N)nc4n3)cc2)cc1.